The molecule has 3 N–H and O–H groups in total. The van der Waals surface area contributed by atoms with Crippen molar-refractivity contribution >= 4 is 11.7 Å². The number of hydrogen-bond acceptors (Lipinski definition) is 4. The number of hydrogen-bond donors (Lipinski definition) is 3. The third-order valence-corrected chi connectivity index (χ3v) is 7.31. The molecule has 0 spiro atoms. The average Bonchev–Trinajstić information content (AvgIpc) is 3.14. The van der Waals surface area contributed by atoms with Crippen molar-refractivity contribution in [1.82, 2.24) is 15.1 Å². The van der Waals surface area contributed by atoms with Gasteiger partial charge in [-0.25, -0.2) is 4.68 Å². The molecule has 1 heterocycles. The number of carbonyl (C=O) groups excluding carboxylic acids is 1. The lowest BCUT2D eigenvalue weighted by Crippen LogP contribution is -2.59. The molecule has 1 aromatic heterocycles. The number of anilines is 1. The smallest absolute Gasteiger partial charge is 0.257 e. The van der Waals surface area contributed by atoms with Crippen molar-refractivity contribution in [2.75, 3.05) is 18.5 Å². The fourth-order valence-electron chi connectivity index (χ4n) is 6.47. The number of aliphatic hydroxyl groups excluding tert-OH is 1. The molecule has 4 bridgehead atoms. The van der Waals surface area contributed by atoms with Gasteiger partial charge in [-0.05, 0) is 81.3 Å². The summed E-state index contributed by atoms with van der Waals surface area (Å²) in [5.74, 6) is 3.10. The Morgan fingerprint density at radius 3 is 2.37 bits per heavy atom. The van der Waals surface area contributed by atoms with E-state index >= 15 is 0 Å². The molecule has 0 radical (unpaired) electrons. The molecule has 0 atom stereocenters. The van der Waals surface area contributed by atoms with E-state index in [1.54, 1.807) is 6.20 Å². The zero-order valence-corrected chi connectivity index (χ0v) is 17.5. The van der Waals surface area contributed by atoms with Gasteiger partial charge in [0.15, 0.2) is 0 Å². The summed E-state index contributed by atoms with van der Waals surface area (Å²) in [6.45, 7) is 0.871. The van der Waals surface area contributed by atoms with Gasteiger partial charge in [0.25, 0.3) is 5.91 Å². The predicted octanol–water partition coefficient (Wildman–Crippen LogP) is 3.76. The minimum absolute atomic E-state index is 0.0104. The van der Waals surface area contributed by atoms with Crippen LogP contribution in [0.4, 0.5) is 5.82 Å². The number of benzene rings is 1. The van der Waals surface area contributed by atoms with E-state index in [0.29, 0.717) is 12.1 Å². The molecule has 0 aliphatic heterocycles. The molecule has 2 aromatic rings. The van der Waals surface area contributed by atoms with Gasteiger partial charge in [0.2, 0.25) is 0 Å². The normalized spacial score (nSPS) is 29.2. The van der Waals surface area contributed by atoms with Crippen LogP contribution in [-0.4, -0.2) is 39.5 Å². The van der Waals surface area contributed by atoms with E-state index in [2.05, 4.69) is 15.7 Å². The number of aromatic nitrogens is 2. The lowest BCUT2D eigenvalue weighted by Gasteiger charge is -2.56. The Hall–Kier alpha value is -2.34. The molecule has 1 amide bonds. The molecular formula is C24H32N4O2. The molecule has 4 fully saturated rings. The molecule has 4 saturated carbocycles. The number of unbranched alkanes of at least 4 members (excludes halogenated alkanes) is 1. The van der Waals surface area contributed by atoms with Gasteiger partial charge in [0, 0.05) is 18.7 Å². The molecule has 4 aliphatic carbocycles. The Labute approximate surface area is 178 Å². The average molecular weight is 409 g/mol. The van der Waals surface area contributed by atoms with Crippen LogP contribution in [0.5, 0.6) is 0 Å². The van der Waals surface area contributed by atoms with Gasteiger partial charge < -0.3 is 15.7 Å². The van der Waals surface area contributed by atoms with Crippen LogP contribution < -0.4 is 10.6 Å². The summed E-state index contributed by atoms with van der Waals surface area (Å²) >= 11 is 0. The van der Waals surface area contributed by atoms with E-state index in [-0.39, 0.29) is 18.1 Å². The Morgan fingerprint density at radius 2 is 1.73 bits per heavy atom. The van der Waals surface area contributed by atoms with Gasteiger partial charge >= 0.3 is 0 Å². The molecule has 30 heavy (non-hydrogen) atoms. The number of carbonyl (C=O) groups is 1. The van der Waals surface area contributed by atoms with Gasteiger partial charge in [-0.3, -0.25) is 4.79 Å². The Morgan fingerprint density at radius 1 is 1.07 bits per heavy atom. The SMILES string of the molecule is O=C(NC12CC3CC(CC(C3)C1)C2)c1cnn(-c2ccccc2)c1NCCCCO. The zero-order valence-electron chi connectivity index (χ0n) is 17.5. The second kappa shape index (κ2) is 8.06. The van der Waals surface area contributed by atoms with Crippen molar-refractivity contribution in [3.8, 4) is 5.69 Å². The van der Waals surface area contributed by atoms with Gasteiger partial charge in [-0.1, -0.05) is 18.2 Å². The molecule has 160 valence electrons. The van der Waals surface area contributed by atoms with Crippen LogP contribution in [0.25, 0.3) is 5.69 Å². The third-order valence-electron chi connectivity index (χ3n) is 7.31. The van der Waals surface area contributed by atoms with E-state index in [4.69, 9.17) is 5.11 Å². The van der Waals surface area contributed by atoms with Crippen LogP contribution >= 0.6 is 0 Å². The minimum Gasteiger partial charge on any atom is -0.396 e. The van der Waals surface area contributed by atoms with Crippen molar-refractivity contribution in [3.63, 3.8) is 0 Å². The number of aliphatic hydroxyl groups is 1. The topological polar surface area (TPSA) is 79.2 Å². The van der Waals surface area contributed by atoms with Crippen LogP contribution in [0, 0.1) is 17.8 Å². The van der Waals surface area contributed by atoms with Gasteiger partial charge in [-0.2, -0.15) is 5.10 Å². The van der Waals surface area contributed by atoms with Crippen LogP contribution in [0.15, 0.2) is 36.5 Å². The van der Waals surface area contributed by atoms with E-state index in [1.807, 2.05) is 35.0 Å². The first-order valence-corrected chi connectivity index (χ1v) is 11.5. The molecule has 0 unspecified atom stereocenters. The number of para-hydroxylation sites is 1. The summed E-state index contributed by atoms with van der Waals surface area (Å²) in [4.78, 5) is 13.4. The molecule has 0 saturated heterocycles. The van der Waals surface area contributed by atoms with Crippen molar-refractivity contribution in [1.29, 1.82) is 0 Å². The van der Waals surface area contributed by atoms with E-state index in [0.717, 1.165) is 61.4 Å². The Bertz CT molecular complexity index is 857. The summed E-state index contributed by atoms with van der Waals surface area (Å²) in [6.07, 6.45) is 10.8. The minimum atomic E-state index is -0.0190. The first-order chi connectivity index (χ1) is 14.7. The Kier molecular flexibility index (Phi) is 5.27. The summed E-state index contributed by atoms with van der Waals surface area (Å²) in [6, 6.07) is 9.91. The second-order valence-corrected chi connectivity index (χ2v) is 9.66. The van der Waals surface area contributed by atoms with E-state index in [9.17, 15) is 4.79 Å². The maximum absolute atomic E-state index is 13.4. The number of rotatable bonds is 8. The highest BCUT2D eigenvalue weighted by atomic mass is 16.2. The lowest BCUT2D eigenvalue weighted by atomic mass is 9.53. The number of amides is 1. The largest absolute Gasteiger partial charge is 0.396 e. The molecule has 6 heteroatoms. The monoisotopic (exact) mass is 408 g/mol. The maximum atomic E-state index is 13.4. The predicted molar refractivity (Wildman–Crippen MR) is 117 cm³/mol. The number of nitrogens with one attached hydrogen (secondary N) is 2. The zero-order chi connectivity index (χ0) is 20.6. The highest BCUT2D eigenvalue weighted by Gasteiger charge is 2.51. The van der Waals surface area contributed by atoms with Crippen LogP contribution in [0.1, 0.15) is 61.7 Å². The lowest BCUT2D eigenvalue weighted by molar-refractivity contribution is -0.0166. The second-order valence-electron chi connectivity index (χ2n) is 9.66. The summed E-state index contributed by atoms with van der Waals surface area (Å²) in [7, 11) is 0. The van der Waals surface area contributed by atoms with Crippen LogP contribution in [0.3, 0.4) is 0 Å². The standard InChI is InChI=1S/C24H32N4O2/c29-9-5-4-8-25-22-21(16-26-28(22)20-6-2-1-3-7-20)23(30)27-24-13-17-10-18(14-24)12-19(11-17)15-24/h1-3,6-7,16-19,25,29H,4-5,8-15H2,(H,27,30). The summed E-state index contributed by atoms with van der Waals surface area (Å²) in [5.41, 5.74) is 1.52. The fraction of sp³-hybridized carbons (Fsp3) is 0.583. The quantitative estimate of drug-likeness (QED) is 0.581. The molecule has 6 nitrogen and oxygen atoms in total. The first-order valence-electron chi connectivity index (χ1n) is 11.5. The Balaban J connectivity index is 1.39. The summed E-state index contributed by atoms with van der Waals surface area (Å²) < 4.78 is 1.81. The highest BCUT2D eigenvalue weighted by Crippen LogP contribution is 2.55. The first kappa shape index (κ1) is 19.6. The number of nitrogens with zero attached hydrogens (tertiary/aromatic N) is 2. The van der Waals surface area contributed by atoms with Crippen LogP contribution in [-0.2, 0) is 0 Å². The van der Waals surface area contributed by atoms with Crippen molar-refractivity contribution < 1.29 is 9.90 Å². The third kappa shape index (κ3) is 3.73. The maximum Gasteiger partial charge on any atom is 0.257 e. The van der Waals surface area contributed by atoms with Gasteiger partial charge in [-0.15, -0.1) is 0 Å². The molecule has 1 aromatic carbocycles. The highest BCUT2D eigenvalue weighted by molar-refractivity contribution is 5.99. The summed E-state index contributed by atoms with van der Waals surface area (Å²) in [5, 5.41) is 20.5. The van der Waals surface area contributed by atoms with Crippen molar-refractivity contribution in [2.45, 2.75) is 56.9 Å². The van der Waals surface area contributed by atoms with Crippen LogP contribution in [0.2, 0.25) is 0 Å². The molecule has 6 rings (SSSR count). The van der Waals surface area contributed by atoms with Crippen molar-refractivity contribution in [2.24, 2.45) is 17.8 Å². The van der Waals surface area contributed by atoms with Gasteiger partial charge in [0.05, 0.1) is 11.9 Å². The van der Waals surface area contributed by atoms with Gasteiger partial charge in [0.1, 0.15) is 11.4 Å². The van der Waals surface area contributed by atoms with Crippen molar-refractivity contribution in [3.05, 3.63) is 42.1 Å². The molecule has 4 aliphatic rings. The van der Waals surface area contributed by atoms with E-state index in [1.165, 1.54) is 19.3 Å². The van der Waals surface area contributed by atoms with E-state index < -0.39 is 0 Å². The molecular weight excluding hydrogens is 376 g/mol. The fourth-order valence-corrected chi connectivity index (χ4v) is 6.47.